The van der Waals surface area contributed by atoms with Crippen LogP contribution >= 0.6 is 0 Å². The van der Waals surface area contributed by atoms with Crippen LogP contribution in [0.25, 0.3) is 11.0 Å². The van der Waals surface area contributed by atoms with Gasteiger partial charge in [-0.05, 0) is 12.1 Å². The SMILES string of the molecule is OCCc1cc2ccncc2o1. The van der Waals surface area contributed by atoms with E-state index in [1.807, 2.05) is 12.1 Å². The number of hydrogen-bond donors (Lipinski definition) is 1. The molecule has 0 fully saturated rings. The molecule has 0 atom stereocenters. The highest BCUT2D eigenvalue weighted by molar-refractivity contribution is 5.76. The normalized spacial score (nSPS) is 10.8. The van der Waals surface area contributed by atoms with Crippen LogP contribution in [-0.4, -0.2) is 16.7 Å². The van der Waals surface area contributed by atoms with Gasteiger partial charge in [-0.15, -0.1) is 0 Å². The van der Waals surface area contributed by atoms with Gasteiger partial charge in [-0.25, -0.2) is 0 Å². The first-order valence-electron chi connectivity index (χ1n) is 3.83. The third-order valence-corrected chi connectivity index (χ3v) is 1.73. The highest BCUT2D eigenvalue weighted by Gasteiger charge is 2.01. The van der Waals surface area contributed by atoms with Crippen molar-refractivity contribution in [1.29, 1.82) is 0 Å². The summed E-state index contributed by atoms with van der Waals surface area (Å²) in [6.45, 7) is 0.118. The number of nitrogens with zero attached hydrogens (tertiary/aromatic N) is 1. The fraction of sp³-hybridized carbons (Fsp3) is 0.222. The van der Waals surface area contributed by atoms with Crippen LogP contribution in [0.5, 0.6) is 0 Å². The molecule has 12 heavy (non-hydrogen) atoms. The molecule has 0 saturated carbocycles. The van der Waals surface area contributed by atoms with Gasteiger partial charge in [0.1, 0.15) is 5.76 Å². The van der Waals surface area contributed by atoms with E-state index in [-0.39, 0.29) is 6.61 Å². The first-order valence-corrected chi connectivity index (χ1v) is 3.83. The Labute approximate surface area is 69.7 Å². The fourth-order valence-electron chi connectivity index (χ4n) is 1.17. The maximum absolute atomic E-state index is 8.67. The van der Waals surface area contributed by atoms with E-state index in [9.17, 15) is 0 Å². The smallest absolute Gasteiger partial charge is 0.152 e. The first kappa shape index (κ1) is 7.31. The zero-order valence-electron chi connectivity index (χ0n) is 6.53. The quantitative estimate of drug-likeness (QED) is 0.727. The summed E-state index contributed by atoms with van der Waals surface area (Å²) in [6, 6.07) is 3.81. The monoisotopic (exact) mass is 163 g/mol. The van der Waals surface area contributed by atoms with E-state index in [2.05, 4.69) is 4.98 Å². The van der Waals surface area contributed by atoms with Gasteiger partial charge in [-0.2, -0.15) is 0 Å². The molecule has 3 nitrogen and oxygen atoms in total. The van der Waals surface area contributed by atoms with E-state index in [1.54, 1.807) is 12.4 Å². The Bertz CT molecular complexity index is 348. The van der Waals surface area contributed by atoms with Crippen molar-refractivity contribution in [2.24, 2.45) is 0 Å². The lowest BCUT2D eigenvalue weighted by molar-refractivity contribution is 0.289. The molecule has 2 heterocycles. The summed E-state index contributed by atoms with van der Waals surface area (Å²) in [5.74, 6) is 0.806. The minimum atomic E-state index is 0.118. The van der Waals surface area contributed by atoms with Gasteiger partial charge in [0.15, 0.2) is 5.58 Å². The molecule has 0 saturated heterocycles. The van der Waals surface area contributed by atoms with Crippen molar-refractivity contribution in [3.05, 3.63) is 30.3 Å². The maximum atomic E-state index is 8.67. The Kier molecular flexibility index (Phi) is 1.80. The van der Waals surface area contributed by atoms with E-state index < -0.39 is 0 Å². The summed E-state index contributed by atoms with van der Waals surface area (Å²) in [6.07, 6.45) is 3.96. The van der Waals surface area contributed by atoms with Gasteiger partial charge in [0.25, 0.3) is 0 Å². The molecule has 62 valence electrons. The van der Waals surface area contributed by atoms with E-state index in [0.29, 0.717) is 6.42 Å². The Balaban J connectivity index is 2.47. The summed E-state index contributed by atoms with van der Waals surface area (Å²) in [5.41, 5.74) is 0.779. The van der Waals surface area contributed by atoms with Gasteiger partial charge in [0, 0.05) is 18.0 Å². The van der Waals surface area contributed by atoms with Crippen molar-refractivity contribution in [1.82, 2.24) is 4.98 Å². The third kappa shape index (κ3) is 1.19. The largest absolute Gasteiger partial charge is 0.459 e. The summed E-state index contributed by atoms with van der Waals surface area (Å²) in [4.78, 5) is 3.93. The summed E-state index contributed by atoms with van der Waals surface area (Å²) < 4.78 is 5.39. The molecule has 0 radical (unpaired) electrons. The summed E-state index contributed by atoms with van der Waals surface area (Å²) in [5, 5.41) is 9.70. The molecule has 0 unspecified atom stereocenters. The highest BCUT2D eigenvalue weighted by atomic mass is 16.3. The van der Waals surface area contributed by atoms with Gasteiger partial charge >= 0.3 is 0 Å². The van der Waals surface area contributed by atoms with Crippen LogP contribution in [0.4, 0.5) is 0 Å². The van der Waals surface area contributed by atoms with Gasteiger partial charge in [-0.1, -0.05) is 0 Å². The average molecular weight is 163 g/mol. The molecule has 0 aliphatic carbocycles. The first-order chi connectivity index (χ1) is 5.90. The van der Waals surface area contributed by atoms with E-state index in [1.165, 1.54) is 0 Å². The van der Waals surface area contributed by atoms with Crippen LogP contribution in [0.3, 0.4) is 0 Å². The molecule has 0 aliphatic rings. The molecule has 0 aromatic carbocycles. The zero-order valence-corrected chi connectivity index (χ0v) is 6.53. The molecule has 2 aromatic heterocycles. The Morgan fingerprint density at radius 3 is 3.17 bits per heavy atom. The fourth-order valence-corrected chi connectivity index (χ4v) is 1.17. The van der Waals surface area contributed by atoms with Gasteiger partial charge in [-0.3, -0.25) is 4.98 Å². The number of furan rings is 1. The summed E-state index contributed by atoms with van der Waals surface area (Å²) >= 11 is 0. The molecule has 0 bridgehead atoms. The van der Waals surface area contributed by atoms with Crippen molar-refractivity contribution in [2.45, 2.75) is 6.42 Å². The van der Waals surface area contributed by atoms with E-state index in [0.717, 1.165) is 16.7 Å². The lowest BCUT2D eigenvalue weighted by Gasteiger charge is -1.87. The van der Waals surface area contributed by atoms with Crippen molar-refractivity contribution in [3.8, 4) is 0 Å². The molecule has 2 rings (SSSR count). The molecule has 2 aromatic rings. The number of aliphatic hydroxyl groups excluding tert-OH is 1. The maximum Gasteiger partial charge on any atom is 0.152 e. The Morgan fingerprint density at radius 2 is 2.42 bits per heavy atom. The standard InChI is InChI=1S/C9H9NO2/c11-4-2-8-5-7-1-3-10-6-9(7)12-8/h1,3,5-6,11H,2,4H2. The number of hydrogen-bond acceptors (Lipinski definition) is 3. The van der Waals surface area contributed by atoms with Crippen LogP contribution in [0.1, 0.15) is 5.76 Å². The van der Waals surface area contributed by atoms with Crippen molar-refractivity contribution >= 4 is 11.0 Å². The second-order valence-corrected chi connectivity index (χ2v) is 2.60. The number of rotatable bonds is 2. The molecule has 1 N–H and O–H groups in total. The predicted molar refractivity (Wildman–Crippen MR) is 44.8 cm³/mol. The van der Waals surface area contributed by atoms with Gasteiger partial charge in [0.05, 0.1) is 12.8 Å². The van der Waals surface area contributed by atoms with Crippen molar-refractivity contribution in [2.75, 3.05) is 6.61 Å². The van der Waals surface area contributed by atoms with E-state index in [4.69, 9.17) is 9.52 Å². The van der Waals surface area contributed by atoms with E-state index >= 15 is 0 Å². The molecule has 0 aliphatic heterocycles. The number of aliphatic hydroxyl groups is 1. The highest BCUT2D eigenvalue weighted by Crippen LogP contribution is 2.17. The number of aromatic nitrogens is 1. The Hall–Kier alpha value is -1.35. The van der Waals surface area contributed by atoms with Crippen LogP contribution in [0, 0.1) is 0 Å². The van der Waals surface area contributed by atoms with Gasteiger partial charge in [0.2, 0.25) is 0 Å². The summed E-state index contributed by atoms with van der Waals surface area (Å²) in [7, 11) is 0. The van der Waals surface area contributed by atoms with Gasteiger partial charge < -0.3 is 9.52 Å². The molecule has 0 amide bonds. The van der Waals surface area contributed by atoms with Crippen LogP contribution in [-0.2, 0) is 6.42 Å². The van der Waals surface area contributed by atoms with Crippen LogP contribution in [0.15, 0.2) is 28.9 Å². The van der Waals surface area contributed by atoms with Crippen molar-refractivity contribution < 1.29 is 9.52 Å². The number of pyridine rings is 1. The number of fused-ring (bicyclic) bond motifs is 1. The lowest BCUT2D eigenvalue weighted by Crippen LogP contribution is -1.85. The minimum Gasteiger partial charge on any atom is -0.459 e. The zero-order chi connectivity index (χ0) is 8.39. The van der Waals surface area contributed by atoms with Crippen LogP contribution < -0.4 is 0 Å². The Morgan fingerprint density at radius 1 is 1.50 bits per heavy atom. The topological polar surface area (TPSA) is 46.3 Å². The molecule has 0 spiro atoms. The predicted octanol–water partition coefficient (Wildman–Crippen LogP) is 1.36. The van der Waals surface area contributed by atoms with Crippen LogP contribution in [0.2, 0.25) is 0 Å². The second kappa shape index (κ2) is 2.95. The minimum absolute atomic E-state index is 0.118. The molecular weight excluding hydrogens is 154 g/mol. The average Bonchev–Trinajstić information content (AvgIpc) is 2.47. The molecule has 3 heteroatoms. The second-order valence-electron chi connectivity index (χ2n) is 2.60. The lowest BCUT2D eigenvalue weighted by atomic mass is 10.3. The van der Waals surface area contributed by atoms with Crippen molar-refractivity contribution in [3.63, 3.8) is 0 Å². The molecular formula is C9H9NO2. The third-order valence-electron chi connectivity index (χ3n) is 1.73.